The Morgan fingerprint density at radius 3 is 2.86 bits per heavy atom. The van der Waals surface area contributed by atoms with Crippen LogP contribution in [0.5, 0.6) is 0 Å². The molecule has 1 aromatic carbocycles. The molecule has 1 heterocycles. The van der Waals surface area contributed by atoms with Crippen molar-refractivity contribution in [2.75, 3.05) is 0 Å². The summed E-state index contributed by atoms with van der Waals surface area (Å²) in [5, 5.41) is 13.3. The van der Waals surface area contributed by atoms with Gasteiger partial charge in [0.25, 0.3) is 5.69 Å². The average Bonchev–Trinajstić information content (AvgIpc) is 2.48. The third-order valence-electron chi connectivity index (χ3n) is 1.79. The zero-order valence-electron chi connectivity index (χ0n) is 6.66. The first kappa shape index (κ1) is 10.1. The maximum Gasteiger partial charge on any atom is 0.287 e. The Morgan fingerprint density at radius 1 is 1.50 bits per heavy atom. The first-order valence-electron chi connectivity index (χ1n) is 3.60. The summed E-state index contributed by atoms with van der Waals surface area (Å²) >= 11 is 9.36. The van der Waals surface area contributed by atoms with E-state index in [1.54, 1.807) is 6.07 Å². The van der Waals surface area contributed by atoms with E-state index in [0.29, 0.717) is 10.4 Å². The normalized spacial score (nSPS) is 10.7. The number of rotatable bonds is 1. The van der Waals surface area contributed by atoms with Crippen molar-refractivity contribution < 1.29 is 4.92 Å². The lowest BCUT2D eigenvalue weighted by Crippen LogP contribution is -1.85. The number of halogens is 2. The molecule has 0 fully saturated rings. The molecular formula is C8H3ClINO2S. The number of fused-ring (bicyclic) bond motifs is 1. The minimum absolute atomic E-state index is 0.128. The first-order valence-corrected chi connectivity index (χ1v) is 5.94. The van der Waals surface area contributed by atoms with E-state index >= 15 is 0 Å². The predicted octanol–water partition coefficient (Wildman–Crippen LogP) is 4.07. The Bertz CT molecular complexity index is 525. The Labute approximate surface area is 102 Å². The minimum Gasteiger partial charge on any atom is -0.258 e. The van der Waals surface area contributed by atoms with Crippen LogP contribution in [0.4, 0.5) is 5.69 Å². The molecule has 0 aliphatic heterocycles. The van der Waals surface area contributed by atoms with Crippen LogP contribution in [-0.2, 0) is 0 Å². The van der Waals surface area contributed by atoms with Crippen LogP contribution in [0.25, 0.3) is 10.1 Å². The van der Waals surface area contributed by atoms with E-state index in [2.05, 4.69) is 22.6 Å². The van der Waals surface area contributed by atoms with Crippen LogP contribution in [0.2, 0.25) is 5.02 Å². The fraction of sp³-hybridized carbons (Fsp3) is 0. The summed E-state index contributed by atoms with van der Waals surface area (Å²) in [5.74, 6) is 0. The molecule has 2 rings (SSSR count). The Hall–Kier alpha value is -0.400. The summed E-state index contributed by atoms with van der Waals surface area (Å²) in [7, 11) is 0. The molecule has 0 aliphatic carbocycles. The van der Waals surface area contributed by atoms with E-state index in [-0.39, 0.29) is 10.6 Å². The van der Waals surface area contributed by atoms with Crippen LogP contribution < -0.4 is 0 Å². The molecule has 0 spiro atoms. The molecule has 0 N–H and O–H groups in total. The highest BCUT2D eigenvalue weighted by molar-refractivity contribution is 14.1. The number of hydrogen-bond acceptors (Lipinski definition) is 3. The van der Waals surface area contributed by atoms with E-state index in [1.807, 2.05) is 6.07 Å². The molecular weight excluding hydrogens is 337 g/mol. The van der Waals surface area contributed by atoms with Crippen molar-refractivity contribution in [3.63, 3.8) is 0 Å². The van der Waals surface area contributed by atoms with E-state index < -0.39 is 0 Å². The topological polar surface area (TPSA) is 43.1 Å². The highest BCUT2D eigenvalue weighted by Crippen LogP contribution is 2.35. The van der Waals surface area contributed by atoms with Gasteiger partial charge in [0, 0.05) is 8.27 Å². The van der Waals surface area contributed by atoms with Gasteiger partial charge in [0.2, 0.25) is 0 Å². The van der Waals surface area contributed by atoms with Crippen molar-refractivity contribution in [1.29, 1.82) is 0 Å². The maximum absolute atomic E-state index is 10.6. The molecule has 0 atom stereocenters. The average molecular weight is 340 g/mol. The summed E-state index contributed by atoms with van der Waals surface area (Å²) in [5.41, 5.74) is 0.128. The summed E-state index contributed by atoms with van der Waals surface area (Å²) < 4.78 is 1.80. The highest BCUT2D eigenvalue weighted by atomic mass is 127. The molecule has 3 nitrogen and oxygen atoms in total. The standard InChI is InChI=1S/C8H3ClINO2S/c9-5-1-4-7(11(12)13)3-14-8(4)2-6(5)10/h1-3H. The molecule has 0 saturated carbocycles. The van der Waals surface area contributed by atoms with Gasteiger partial charge < -0.3 is 0 Å². The van der Waals surface area contributed by atoms with Gasteiger partial charge >= 0.3 is 0 Å². The third-order valence-corrected chi connectivity index (χ3v) is 4.25. The molecule has 0 bridgehead atoms. The number of benzene rings is 1. The van der Waals surface area contributed by atoms with Crippen molar-refractivity contribution in [3.8, 4) is 0 Å². The van der Waals surface area contributed by atoms with Crippen molar-refractivity contribution in [3.05, 3.63) is 36.2 Å². The van der Waals surface area contributed by atoms with E-state index in [0.717, 1.165) is 8.27 Å². The molecule has 14 heavy (non-hydrogen) atoms. The van der Waals surface area contributed by atoms with Crippen LogP contribution in [0.15, 0.2) is 17.5 Å². The molecule has 2 aromatic rings. The van der Waals surface area contributed by atoms with Crippen LogP contribution in [-0.4, -0.2) is 4.92 Å². The Balaban J connectivity index is 2.80. The van der Waals surface area contributed by atoms with Gasteiger partial charge in [-0.15, -0.1) is 11.3 Å². The SMILES string of the molecule is O=[N+]([O-])c1csc2cc(I)c(Cl)cc12. The Morgan fingerprint density at radius 2 is 2.21 bits per heavy atom. The quantitative estimate of drug-likeness (QED) is 0.446. The smallest absolute Gasteiger partial charge is 0.258 e. The van der Waals surface area contributed by atoms with Gasteiger partial charge in [0.05, 0.1) is 20.7 Å². The van der Waals surface area contributed by atoms with Gasteiger partial charge in [0.1, 0.15) is 0 Å². The van der Waals surface area contributed by atoms with Crippen molar-refractivity contribution in [2.45, 2.75) is 0 Å². The van der Waals surface area contributed by atoms with Gasteiger partial charge in [-0.2, -0.15) is 0 Å². The van der Waals surface area contributed by atoms with Crippen LogP contribution in [0.3, 0.4) is 0 Å². The molecule has 0 amide bonds. The van der Waals surface area contributed by atoms with E-state index in [1.165, 1.54) is 16.7 Å². The number of nitrogens with zero attached hydrogens (tertiary/aromatic N) is 1. The minimum atomic E-state index is -0.387. The lowest BCUT2D eigenvalue weighted by atomic mass is 10.2. The highest BCUT2D eigenvalue weighted by Gasteiger charge is 2.15. The second-order valence-electron chi connectivity index (χ2n) is 2.64. The van der Waals surface area contributed by atoms with Crippen molar-refractivity contribution in [1.82, 2.24) is 0 Å². The summed E-state index contributed by atoms with van der Waals surface area (Å²) in [6.07, 6.45) is 0. The molecule has 72 valence electrons. The lowest BCUT2D eigenvalue weighted by Gasteiger charge is -1.95. The molecule has 0 radical (unpaired) electrons. The molecule has 0 unspecified atom stereocenters. The summed E-state index contributed by atoms with van der Waals surface area (Å²) in [4.78, 5) is 10.3. The summed E-state index contributed by atoms with van der Waals surface area (Å²) in [6.45, 7) is 0. The van der Waals surface area contributed by atoms with Crippen LogP contribution >= 0.6 is 45.5 Å². The van der Waals surface area contributed by atoms with Crippen LogP contribution in [0, 0.1) is 13.7 Å². The zero-order chi connectivity index (χ0) is 10.3. The van der Waals surface area contributed by atoms with Crippen molar-refractivity contribution >= 4 is 61.3 Å². The van der Waals surface area contributed by atoms with E-state index in [4.69, 9.17) is 11.6 Å². The first-order chi connectivity index (χ1) is 6.59. The van der Waals surface area contributed by atoms with Gasteiger partial charge in [-0.25, -0.2) is 0 Å². The fourth-order valence-electron chi connectivity index (χ4n) is 1.15. The maximum atomic E-state index is 10.6. The monoisotopic (exact) mass is 339 g/mol. The molecule has 6 heteroatoms. The third kappa shape index (κ3) is 1.59. The second kappa shape index (κ2) is 3.63. The molecule has 0 aliphatic rings. The molecule has 1 aromatic heterocycles. The fourth-order valence-corrected chi connectivity index (χ4v) is 2.92. The van der Waals surface area contributed by atoms with Crippen molar-refractivity contribution in [2.24, 2.45) is 0 Å². The number of thiophene rings is 1. The second-order valence-corrected chi connectivity index (χ2v) is 5.12. The van der Waals surface area contributed by atoms with Gasteiger partial charge in [-0.05, 0) is 34.7 Å². The largest absolute Gasteiger partial charge is 0.287 e. The predicted molar refractivity (Wildman–Crippen MR) is 66.2 cm³/mol. The summed E-state index contributed by atoms with van der Waals surface area (Å²) in [6, 6.07) is 3.50. The van der Waals surface area contributed by atoms with E-state index in [9.17, 15) is 10.1 Å². The number of hydrogen-bond donors (Lipinski definition) is 0. The Kier molecular flexibility index (Phi) is 2.63. The number of nitro groups is 1. The van der Waals surface area contributed by atoms with Gasteiger partial charge in [-0.3, -0.25) is 10.1 Å². The van der Waals surface area contributed by atoms with Gasteiger partial charge in [0.15, 0.2) is 0 Å². The van der Waals surface area contributed by atoms with Crippen LogP contribution in [0.1, 0.15) is 0 Å². The zero-order valence-corrected chi connectivity index (χ0v) is 10.4. The van der Waals surface area contributed by atoms with Gasteiger partial charge in [-0.1, -0.05) is 11.6 Å². The molecule has 0 saturated heterocycles. The lowest BCUT2D eigenvalue weighted by molar-refractivity contribution is -0.382.